The van der Waals surface area contributed by atoms with Crippen LogP contribution in [0, 0.1) is 27.7 Å². The average Bonchev–Trinajstić information content (AvgIpc) is 2.67. The van der Waals surface area contributed by atoms with Crippen LogP contribution in [0.15, 0.2) is 70.6 Å². The molecule has 0 radical (unpaired) electrons. The first kappa shape index (κ1) is 19.8. The second-order valence-electron chi connectivity index (χ2n) is 7.33. The van der Waals surface area contributed by atoms with Gasteiger partial charge in [0.2, 0.25) is 0 Å². The van der Waals surface area contributed by atoms with Crippen LogP contribution >= 0.6 is 0 Å². The van der Waals surface area contributed by atoms with Gasteiger partial charge in [-0.3, -0.25) is 9.98 Å². The van der Waals surface area contributed by atoms with Gasteiger partial charge in [-0.25, -0.2) is 0 Å². The lowest BCUT2D eigenvalue weighted by molar-refractivity contribution is 1.26. The summed E-state index contributed by atoms with van der Waals surface area (Å²) in [5, 5.41) is 0. The molecule has 0 saturated carbocycles. The van der Waals surface area contributed by atoms with E-state index in [0.717, 1.165) is 24.2 Å². The molecule has 142 valence electrons. The molecule has 0 aliphatic carbocycles. The van der Waals surface area contributed by atoms with Crippen LogP contribution in [0.5, 0.6) is 0 Å². The fourth-order valence-electron chi connectivity index (χ4n) is 3.39. The number of hydrogen-bond donors (Lipinski definition) is 0. The van der Waals surface area contributed by atoms with Gasteiger partial charge in [-0.05, 0) is 61.1 Å². The molecule has 0 aliphatic rings. The molecule has 3 rings (SSSR count). The Morgan fingerprint density at radius 2 is 0.929 bits per heavy atom. The molecule has 0 fully saturated rings. The maximum Gasteiger partial charge on any atom is 0.0684 e. The predicted molar refractivity (Wildman–Crippen MR) is 122 cm³/mol. The number of nitrogens with zero attached hydrogens (tertiary/aromatic N) is 2. The molecule has 3 aromatic rings. The van der Waals surface area contributed by atoms with E-state index in [1.807, 2.05) is 12.4 Å². The molecule has 0 atom stereocenters. The van der Waals surface area contributed by atoms with Crippen LogP contribution in [0.2, 0.25) is 0 Å². The van der Waals surface area contributed by atoms with Gasteiger partial charge in [0.25, 0.3) is 0 Å². The van der Waals surface area contributed by atoms with Crippen LogP contribution in [-0.4, -0.2) is 12.4 Å². The molecular weight excluding hydrogens is 340 g/mol. The smallest absolute Gasteiger partial charge is 0.0684 e. The zero-order valence-electron chi connectivity index (χ0n) is 17.2. The van der Waals surface area contributed by atoms with Crippen LogP contribution in [0.4, 0.5) is 11.4 Å². The first-order valence-corrected chi connectivity index (χ1v) is 9.80. The highest BCUT2D eigenvalue weighted by molar-refractivity contribution is 5.70. The molecule has 0 bridgehead atoms. The van der Waals surface area contributed by atoms with E-state index in [-0.39, 0.29) is 0 Å². The van der Waals surface area contributed by atoms with Gasteiger partial charge < -0.3 is 0 Å². The summed E-state index contributed by atoms with van der Waals surface area (Å²) >= 11 is 0. The summed E-state index contributed by atoms with van der Waals surface area (Å²) in [6, 6.07) is 21.3. The number of para-hydroxylation sites is 2. The number of rotatable bonds is 6. The molecule has 0 spiro atoms. The Balaban J connectivity index is 1.66. The second kappa shape index (κ2) is 9.27. The summed E-state index contributed by atoms with van der Waals surface area (Å²) < 4.78 is 0. The van der Waals surface area contributed by atoms with Gasteiger partial charge in [0.1, 0.15) is 0 Å². The van der Waals surface area contributed by atoms with Crippen LogP contribution in [-0.2, 0) is 12.8 Å². The quantitative estimate of drug-likeness (QED) is 0.427. The fraction of sp³-hybridized carbons (Fsp3) is 0.231. The van der Waals surface area contributed by atoms with Gasteiger partial charge in [0, 0.05) is 25.3 Å². The van der Waals surface area contributed by atoms with Crippen molar-refractivity contribution in [2.45, 2.75) is 40.5 Å². The van der Waals surface area contributed by atoms with E-state index in [2.05, 4.69) is 88.4 Å². The first-order chi connectivity index (χ1) is 13.5. The highest BCUT2D eigenvalue weighted by Crippen LogP contribution is 2.23. The lowest BCUT2D eigenvalue weighted by Gasteiger charge is -2.05. The van der Waals surface area contributed by atoms with E-state index in [1.54, 1.807) is 0 Å². The third-order valence-electron chi connectivity index (χ3n) is 4.97. The molecule has 3 aromatic carbocycles. The Morgan fingerprint density at radius 3 is 1.32 bits per heavy atom. The maximum atomic E-state index is 4.70. The Kier molecular flexibility index (Phi) is 6.54. The van der Waals surface area contributed by atoms with Gasteiger partial charge in [-0.1, -0.05) is 60.7 Å². The zero-order valence-corrected chi connectivity index (χ0v) is 17.2. The Labute approximate surface area is 168 Å². The van der Waals surface area contributed by atoms with E-state index < -0.39 is 0 Å². The lowest BCUT2D eigenvalue weighted by atomic mass is 10.1. The summed E-state index contributed by atoms with van der Waals surface area (Å²) in [6.45, 7) is 8.43. The van der Waals surface area contributed by atoms with Gasteiger partial charge in [-0.15, -0.1) is 0 Å². The minimum atomic E-state index is 0.829. The van der Waals surface area contributed by atoms with Crippen LogP contribution in [0.25, 0.3) is 0 Å². The standard InChI is InChI=1S/C26H28N2/c1-19-8-5-9-20(2)25(19)27-16-14-23-12-7-13-24(18-23)15-17-28-26-21(3)10-6-11-22(26)4/h5-13,16-18H,14-15H2,1-4H3. The second-order valence-corrected chi connectivity index (χ2v) is 7.33. The lowest BCUT2D eigenvalue weighted by Crippen LogP contribution is -1.92. The van der Waals surface area contributed by atoms with Gasteiger partial charge >= 0.3 is 0 Å². The van der Waals surface area contributed by atoms with Crippen molar-refractivity contribution in [2.24, 2.45) is 9.98 Å². The topological polar surface area (TPSA) is 24.7 Å². The highest BCUT2D eigenvalue weighted by atomic mass is 14.7. The summed E-state index contributed by atoms with van der Waals surface area (Å²) in [6.07, 6.45) is 5.68. The van der Waals surface area contributed by atoms with Crippen LogP contribution in [0.3, 0.4) is 0 Å². The normalized spacial score (nSPS) is 11.6. The van der Waals surface area contributed by atoms with E-state index in [0.29, 0.717) is 0 Å². The molecule has 0 unspecified atom stereocenters. The van der Waals surface area contributed by atoms with E-state index in [9.17, 15) is 0 Å². The summed E-state index contributed by atoms with van der Waals surface area (Å²) in [5.41, 5.74) is 9.57. The van der Waals surface area contributed by atoms with Crippen molar-refractivity contribution < 1.29 is 0 Å². The van der Waals surface area contributed by atoms with Crippen molar-refractivity contribution in [1.29, 1.82) is 0 Å². The minimum Gasteiger partial charge on any atom is -0.260 e. The van der Waals surface area contributed by atoms with Crippen molar-refractivity contribution in [1.82, 2.24) is 0 Å². The van der Waals surface area contributed by atoms with Crippen molar-refractivity contribution in [3.05, 3.63) is 94.0 Å². The molecule has 2 heteroatoms. The molecule has 2 nitrogen and oxygen atoms in total. The molecule has 0 aliphatic heterocycles. The number of aryl methyl sites for hydroxylation is 4. The van der Waals surface area contributed by atoms with Gasteiger partial charge in [0.05, 0.1) is 11.4 Å². The highest BCUT2D eigenvalue weighted by Gasteiger charge is 2.00. The number of benzene rings is 3. The Bertz CT molecular complexity index is 893. The van der Waals surface area contributed by atoms with Crippen molar-refractivity contribution in [3.8, 4) is 0 Å². The molecule has 0 heterocycles. The molecule has 0 amide bonds. The number of hydrogen-bond acceptors (Lipinski definition) is 2. The Hall–Kier alpha value is -3.00. The predicted octanol–water partition coefficient (Wildman–Crippen LogP) is 6.81. The molecule has 0 N–H and O–H groups in total. The molecule has 0 aromatic heterocycles. The fourth-order valence-corrected chi connectivity index (χ4v) is 3.39. The third kappa shape index (κ3) is 5.04. The van der Waals surface area contributed by atoms with E-state index >= 15 is 0 Å². The largest absolute Gasteiger partial charge is 0.260 e. The zero-order chi connectivity index (χ0) is 19.9. The van der Waals surface area contributed by atoms with Crippen molar-refractivity contribution in [3.63, 3.8) is 0 Å². The van der Waals surface area contributed by atoms with Crippen molar-refractivity contribution >= 4 is 23.8 Å². The molecular formula is C26H28N2. The maximum absolute atomic E-state index is 4.70. The SMILES string of the molecule is Cc1cccc(C)c1N=CCc1cccc(CC=Nc2c(C)cccc2C)c1. The molecule has 28 heavy (non-hydrogen) atoms. The van der Waals surface area contributed by atoms with Gasteiger partial charge in [-0.2, -0.15) is 0 Å². The Morgan fingerprint density at radius 1 is 0.571 bits per heavy atom. The molecule has 0 saturated heterocycles. The number of aliphatic imine (C=N–C) groups is 2. The average molecular weight is 369 g/mol. The van der Waals surface area contributed by atoms with Crippen molar-refractivity contribution in [2.75, 3.05) is 0 Å². The summed E-state index contributed by atoms with van der Waals surface area (Å²) in [4.78, 5) is 9.40. The summed E-state index contributed by atoms with van der Waals surface area (Å²) in [7, 11) is 0. The van der Waals surface area contributed by atoms with Crippen LogP contribution < -0.4 is 0 Å². The van der Waals surface area contributed by atoms with Gasteiger partial charge in [0.15, 0.2) is 0 Å². The van der Waals surface area contributed by atoms with E-state index in [1.165, 1.54) is 33.4 Å². The third-order valence-corrected chi connectivity index (χ3v) is 4.97. The minimum absolute atomic E-state index is 0.829. The first-order valence-electron chi connectivity index (χ1n) is 9.80. The summed E-state index contributed by atoms with van der Waals surface area (Å²) in [5.74, 6) is 0. The monoisotopic (exact) mass is 368 g/mol. The van der Waals surface area contributed by atoms with Crippen LogP contribution in [0.1, 0.15) is 33.4 Å². The van der Waals surface area contributed by atoms with E-state index in [4.69, 9.17) is 9.98 Å².